The molecule has 1 saturated heterocycles. The SMILES string of the molecule is Cc1ccc(C2CN(C(=O)C(F)(F)F)CC2C(=O)O)c(Cl)c1. The van der Waals surface area contributed by atoms with E-state index in [0.29, 0.717) is 10.5 Å². The van der Waals surface area contributed by atoms with E-state index < -0.39 is 36.4 Å². The number of hydrogen-bond donors (Lipinski definition) is 1. The van der Waals surface area contributed by atoms with E-state index >= 15 is 0 Å². The van der Waals surface area contributed by atoms with Gasteiger partial charge in [-0.2, -0.15) is 13.2 Å². The molecule has 0 bridgehead atoms. The second-order valence-corrected chi connectivity index (χ2v) is 5.69. The van der Waals surface area contributed by atoms with Crippen molar-refractivity contribution in [2.24, 2.45) is 5.92 Å². The number of alkyl halides is 3. The number of hydrogen-bond acceptors (Lipinski definition) is 2. The van der Waals surface area contributed by atoms with Crippen LogP contribution in [0, 0.1) is 12.8 Å². The number of carboxylic acid groups (broad SMARTS) is 1. The Hall–Kier alpha value is -1.76. The average Bonchev–Trinajstić information content (AvgIpc) is 2.81. The molecule has 1 aromatic carbocycles. The third kappa shape index (κ3) is 3.19. The summed E-state index contributed by atoms with van der Waals surface area (Å²) in [7, 11) is 0. The number of amides is 1. The molecular formula is C14H13ClF3NO3. The van der Waals surface area contributed by atoms with E-state index in [4.69, 9.17) is 11.6 Å². The van der Waals surface area contributed by atoms with Gasteiger partial charge in [-0.15, -0.1) is 0 Å². The lowest BCUT2D eigenvalue weighted by Crippen LogP contribution is -2.40. The molecule has 2 rings (SSSR count). The highest BCUT2D eigenvalue weighted by Gasteiger charge is 2.49. The second-order valence-electron chi connectivity index (χ2n) is 5.28. The van der Waals surface area contributed by atoms with Crippen molar-refractivity contribution in [2.45, 2.75) is 19.0 Å². The molecule has 1 fully saturated rings. The number of nitrogens with zero attached hydrogens (tertiary/aromatic N) is 1. The first kappa shape index (κ1) is 16.6. The van der Waals surface area contributed by atoms with Gasteiger partial charge in [-0.1, -0.05) is 23.7 Å². The lowest BCUT2D eigenvalue weighted by Gasteiger charge is -2.18. The Bertz CT molecular complexity index is 618. The van der Waals surface area contributed by atoms with Crippen molar-refractivity contribution in [3.05, 3.63) is 34.3 Å². The number of carbonyl (C=O) groups is 2. The number of likely N-dealkylation sites (tertiary alicyclic amines) is 1. The molecule has 0 radical (unpaired) electrons. The predicted molar refractivity (Wildman–Crippen MR) is 72.7 cm³/mol. The molecule has 4 nitrogen and oxygen atoms in total. The van der Waals surface area contributed by atoms with Crippen molar-refractivity contribution in [1.82, 2.24) is 4.90 Å². The zero-order valence-electron chi connectivity index (χ0n) is 11.5. The molecule has 0 spiro atoms. The van der Waals surface area contributed by atoms with E-state index in [9.17, 15) is 27.9 Å². The molecule has 1 aliphatic rings. The topological polar surface area (TPSA) is 57.6 Å². The summed E-state index contributed by atoms with van der Waals surface area (Å²) < 4.78 is 37.6. The van der Waals surface area contributed by atoms with Crippen molar-refractivity contribution in [3.8, 4) is 0 Å². The minimum absolute atomic E-state index is 0.289. The lowest BCUT2D eigenvalue weighted by atomic mass is 9.88. The van der Waals surface area contributed by atoms with Crippen LogP contribution < -0.4 is 0 Å². The Balaban J connectivity index is 2.33. The minimum Gasteiger partial charge on any atom is -0.481 e. The third-order valence-electron chi connectivity index (χ3n) is 3.72. The molecule has 1 heterocycles. The van der Waals surface area contributed by atoms with Gasteiger partial charge in [-0.05, 0) is 24.1 Å². The number of carbonyl (C=O) groups excluding carboxylic acids is 1. The minimum atomic E-state index is -5.02. The highest BCUT2D eigenvalue weighted by molar-refractivity contribution is 6.31. The summed E-state index contributed by atoms with van der Waals surface area (Å²) in [4.78, 5) is 23.2. The Morgan fingerprint density at radius 3 is 2.45 bits per heavy atom. The maximum atomic E-state index is 12.5. The number of benzene rings is 1. The van der Waals surface area contributed by atoms with Crippen LogP contribution in [0.4, 0.5) is 13.2 Å². The van der Waals surface area contributed by atoms with Crippen molar-refractivity contribution >= 4 is 23.5 Å². The fraction of sp³-hybridized carbons (Fsp3) is 0.429. The van der Waals surface area contributed by atoms with Gasteiger partial charge < -0.3 is 10.0 Å². The van der Waals surface area contributed by atoms with Crippen molar-refractivity contribution in [2.75, 3.05) is 13.1 Å². The lowest BCUT2D eigenvalue weighted by molar-refractivity contribution is -0.184. The average molecular weight is 336 g/mol. The molecule has 2 atom stereocenters. The summed E-state index contributed by atoms with van der Waals surface area (Å²) in [6, 6.07) is 4.91. The first-order valence-electron chi connectivity index (χ1n) is 6.46. The van der Waals surface area contributed by atoms with Crippen molar-refractivity contribution in [3.63, 3.8) is 0 Å². The van der Waals surface area contributed by atoms with Gasteiger partial charge in [0, 0.05) is 24.0 Å². The zero-order chi connectivity index (χ0) is 16.7. The van der Waals surface area contributed by atoms with Gasteiger partial charge in [-0.25, -0.2) is 0 Å². The van der Waals surface area contributed by atoms with Gasteiger partial charge in [0.15, 0.2) is 0 Å². The summed E-state index contributed by atoms with van der Waals surface area (Å²) in [5.41, 5.74) is 1.29. The van der Waals surface area contributed by atoms with Gasteiger partial charge >= 0.3 is 18.1 Å². The third-order valence-corrected chi connectivity index (χ3v) is 4.05. The molecule has 0 saturated carbocycles. The fourth-order valence-electron chi connectivity index (χ4n) is 2.65. The zero-order valence-corrected chi connectivity index (χ0v) is 12.3. The smallest absolute Gasteiger partial charge is 0.471 e. The van der Waals surface area contributed by atoms with Crippen molar-refractivity contribution < 1.29 is 27.9 Å². The Morgan fingerprint density at radius 1 is 1.32 bits per heavy atom. The molecule has 2 unspecified atom stereocenters. The standard InChI is InChI=1S/C14H13ClF3NO3/c1-7-2-3-8(11(15)4-7)9-5-19(6-10(9)12(20)21)13(22)14(16,17)18/h2-4,9-10H,5-6H2,1H3,(H,20,21). The predicted octanol–water partition coefficient (Wildman–Crippen LogP) is 2.84. The Labute approximate surface area is 129 Å². The van der Waals surface area contributed by atoms with E-state index in [1.807, 2.05) is 0 Å². The van der Waals surface area contributed by atoms with Gasteiger partial charge in [0.2, 0.25) is 0 Å². The summed E-state index contributed by atoms with van der Waals surface area (Å²) >= 11 is 6.08. The summed E-state index contributed by atoms with van der Waals surface area (Å²) in [5, 5.41) is 9.52. The normalized spacial score (nSPS) is 22.0. The van der Waals surface area contributed by atoms with Crippen LogP contribution in [0.2, 0.25) is 5.02 Å². The second kappa shape index (κ2) is 5.79. The van der Waals surface area contributed by atoms with Crippen LogP contribution in [-0.2, 0) is 9.59 Å². The van der Waals surface area contributed by atoms with Crippen LogP contribution in [0.25, 0.3) is 0 Å². The molecule has 0 aromatic heterocycles. The molecule has 120 valence electrons. The van der Waals surface area contributed by atoms with Crippen LogP contribution in [0.5, 0.6) is 0 Å². The maximum Gasteiger partial charge on any atom is 0.471 e. The molecule has 1 aliphatic heterocycles. The number of aryl methyl sites for hydroxylation is 1. The highest BCUT2D eigenvalue weighted by atomic mass is 35.5. The van der Waals surface area contributed by atoms with Crippen LogP contribution in [0.3, 0.4) is 0 Å². The van der Waals surface area contributed by atoms with Crippen LogP contribution in [0.1, 0.15) is 17.0 Å². The molecule has 0 aliphatic carbocycles. The van der Waals surface area contributed by atoms with E-state index in [0.717, 1.165) is 5.56 Å². The first-order valence-corrected chi connectivity index (χ1v) is 6.84. The fourth-order valence-corrected chi connectivity index (χ4v) is 3.02. The van der Waals surface area contributed by atoms with E-state index in [1.54, 1.807) is 25.1 Å². The summed E-state index contributed by atoms with van der Waals surface area (Å²) in [6.45, 7) is 0.985. The quantitative estimate of drug-likeness (QED) is 0.904. The Kier molecular flexibility index (Phi) is 4.37. The molecule has 22 heavy (non-hydrogen) atoms. The molecule has 8 heteroatoms. The highest BCUT2D eigenvalue weighted by Crippen LogP contribution is 2.38. The molecule has 1 N–H and O–H groups in total. The van der Waals surface area contributed by atoms with Crippen molar-refractivity contribution in [1.29, 1.82) is 0 Å². The first-order chi connectivity index (χ1) is 10.1. The Morgan fingerprint density at radius 2 is 1.95 bits per heavy atom. The largest absolute Gasteiger partial charge is 0.481 e. The number of rotatable bonds is 2. The number of halogens is 4. The molecular weight excluding hydrogens is 323 g/mol. The molecule has 1 amide bonds. The number of aliphatic carboxylic acids is 1. The monoisotopic (exact) mass is 335 g/mol. The van der Waals surface area contributed by atoms with Crippen LogP contribution >= 0.6 is 11.6 Å². The van der Waals surface area contributed by atoms with Gasteiger partial charge in [0.25, 0.3) is 0 Å². The molecule has 1 aromatic rings. The van der Waals surface area contributed by atoms with Gasteiger partial charge in [-0.3, -0.25) is 9.59 Å². The summed E-state index contributed by atoms with van der Waals surface area (Å²) in [6.07, 6.45) is -5.02. The number of carboxylic acids is 1. The van der Waals surface area contributed by atoms with E-state index in [2.05, 4.69) is 0 Å². The van der Waals surface area contributed by atoms with Crippen LogP contribution in [-0.4, -0.2) is 41.1 Å². The maximum absolute atomic E-state index is 12.5. The summed E-state index contributed by atoms with van der Waals surface area (Å²) in [5.74, 6) is -5.16. The van der Waals surface area contributed by atoms with Gasteiger partial charge in [0.05, 0.1) is 5.92 Å². The van der Waals surface area contributed by atoms with Gasteiger partial charge in [0.1, 0.15) is 0 Å². The van der Waals surface area contributed by atoms with E-state index in [1.165, 1.54) is 0 Å². The van der Waals surface area contributed by atoms with Crippen LogP contribution in [0.15, 0.2) is 18.2 Å². The van der Waals surface area contributed by atoms with E-state index in [-0.39, 0.29) is 11.6 Å².